The van der Waals surface area contributed by atoms with E-state index in [0.29, 0.717) is 12.3 Å². The third-order valence-electron chi connectivity index (χ3n) is 3.46. The molecule has 1 unspecified atom stereocenters. The minimum Gasteiger partial charge on any atom is -0.302 e. The summed E-state index contributed by atoms with van der Waals surface area (Å²) in [6.45, 7) is 5.11. The summed E-state index contributed by atoms with van der Waals surface area (Å²) in [5.41, 5.74) is 0. The molecule has 3 rings (SSSR count). The molecule has 0 radical (unpaired) electrons. The van der Waals surface area contributed by atoms with Gasteiger partial charge >= 0.3 is 0 Å². The van der Waals surface area contributed by atoms with Crippen molar-refractivity contribution in [3.63, 3.8) is 0 Å². The Bertz CT molecular complexity index is 307. The molecule has 0 aromatic heterocycles. The largest absolute Gasteiger partial charge is 0.302 e. The van der Waals surface area contributed by atoms with Crippen LogP contribution in [0, 0.1) is 5.92 Å². The SMILES string of the molecule is CCCS(=O)(=O)NC1CN2CCC1CC2. The second-order valence-electron chi connectivity index (χ2n) is 4.68. The summed E-state index contributed by atoms with van der Waals surface area (Å²) in [5.74, 6) is 0.831. The minimum atomic E-state index is -3.03. The molecule has 3 heterocycles. The van der Waals surface area contributed by atoms with Gasteiger partial charge in [-0.15, -0.1) is 0 Å². The Hall–Kier alpha value is -0.130. The average molecular weight is 232 g/mol. The van der Waals surface area contributed by atoms with Gasteiger partial charge in [-0.2, -0.15) is 0 Å². The van der Waals surface area contributed by atoms with Crippen molar-refractivity contribution in [1.82, 2.24) is 9.62 Å². The molecule has 3 fully saturated rings. The second-order valence-corrected chi connectivity index (χ2v) is 6.55. The fourth-order valence-electron chi connectivity index (χ4n) is 2.66. The highest BCUT2D eigenvalue weighted by Gasteiger charge is 2.35. The van der Waals surface area contributed by atoms with E-state index in [2.05, 4.69) is 9.62 Å². The van der Waals surface area contributed by atoms with E-state index in [1.165, 1.54) is 0 Å². The lowest BCUT2D eigenvalue weighted by Gasteiger charge is -2.44. The topological polar surface area (TPSA) is 49.4 Å². The highest BCUT2D eigenvalue weighted by Crippen LogP contribution is 2.27. The number of hydrogen-bond donors (Lipinski definition) is 1. The Balaban J connectivity index is 1.95. The molecule has 1 atom stereocenters. The molecule has 1 N–H and O–H groups in total. The van der Waals surface area contributed by atoms with E-state index < -0.39 is 10.0 Å². The number of nitrogens with one attached hydrogen (secondary N) is 1. The quantitative estimate of drug-likeness (QED) is 0.764. The molecule has 88 valence electrons. The first-order valence-electron chi connectivity index (χ1n) is 5.83. The Kier molecular flexibility index (Phi) is 3.33. The molecule has 4 nitrogen and oxygen atoms in total. The predicted molar refractivity (Wildman–Crippen MR) is 60.2 cm³/mol. The molecule has 0 saturated carbocycles. The van der Waals surface area contributed by atoms with Crippen LogP contribution in [0.15, 0.2) is 0 Å². The fraction of sp³-hybridized carbons (Fsp3) is 1.00. The van der Waals surface area contributed by atoms with Gasteiger partial charge < -0.3 is 4.90 Å². The van der Waals surface area contributed by atoms with Gasteiger partial charge in [0.15, 0.2) is 0 Å². The maximum absolute atomic E-state index is 11.6. The highest BCUT2D eigenvalue weighted by atomic mass is 32.2. The van der Waals surface area contributed by atoms with Crippen molar-refractivity contribution in [2.75, 3.05) is 25.4 Å². The summed E-state index contributed by atoms with van der Waals surface area (Å²) >= 11 is 0. The predicted octanol–water partition coefficient (Wildman–Crippen LogP) is 0.410. The van der Waals surface area contributed by atoms with Crippen LogP contribution in [0.2, 0.25) is 0 Å². The van der Waals surface area contributed by atoms with Gasteiger partial charge in [0.05, 0.1) is 5.75 Å². The molecule has 5 heteroatoms. The first-order valence-corrected chi connectivity index (χ1v) is 7.48. The standard InChI is InChI=1S/C10H20N2O2S/c1-2-7-15(13,14)11-10-8-12-5-3-9(10)4-6-12/h9-11H,2-8H2,1H3. The molecule has 0 aromatic carbocycles. The van der Waals surface area contributed by atoms with Gasteiger partial charge in [0.25, 0.3) is 0 Å². The molecule has 3 saturated heterocycles. The van der Waals surface area contributed by atoms with Crippen LogP contribution >= 0.6 is 0 Å². The number of piperidine rings is 3. The van der Waals surface area contributed by atoms with Crippen LogP contribution in [-0.2, 0) is 10.0 Å². The summed E-state index contributed by atoms with van der Waals surface area (Å²) in [4.78, 5) is 2.36. The maximum atomic E-state index is 11.6. The van der Waals surface area contributed by atoms with Gasteiger partial charge in [-0.05, 0) is 38.3 Å². The van der Waals surface area contributed by atoms with Crippen LogP contribution < -0.4 is 4.72 Å². The summed E-state index contributed by atoms with van der Waals surface area (Å²) in [6, 6.07) is 0.170. The minimum absolute atomic E-state index is 0.170. The van der Waals surface area contributed by atoms with E-state index in [4.69, 9.17) is 0 Å². The first kappa shape index (κ1) is 11.4. The molecular formula is C10H20N2O2S. The van der Waals surface area contributed by atoms with Crippen molar-refractivity contribution in [3.8, 4) is 0 Å². The molecule has 0 amide bonds. The van der Waals surface area contributed by atoms with E-state index >= 15 is 0 Å². The van der Waals surface area contributed by atoms with Gasteiger partial charge in [-0.1, -0.05) is 6.92 Å². The van der Waals surface area contributed by atoms with E-state index in [1.54, 1.807) is 0 Å². The third kappa shape index (κ3) is 2.71. The van der Waals surface area contributed by atoms with Crippen LogP contribution in [0.3, 0.4) is 0 Å². The van der Waals surface area contributed by atoms with Gasteiger partial charge in [0.2, 0.25) is 10.0 Å². The van der Waals surface area contributed by atoms with Crippen LogP contribution in [-0.4, -0.2) is 44.7 Å². The van der Waals surface area contributed by atoms with Crippen molar-refractivity contribution in [2.24, 2.45) is 5.92 Å². The Morgan fingerprint density at radius 1 is 1.33 bits per heavy atom. The molecule has 2 bridgehead atoms. The summed E-state index contributed by atoms with van der Waals surface area (Å²) in [6.07, 6.45) is 3.00. The van der Waals surface area contributed by atoms with Crippen molar-refractivity contribution in [2.45, 2.75) is 32.2 Å². The van der Waals surface area contributed by atoms with E-state index in [0.717, 1.165) is 32.5 Å². The molecule has 0 spiro atoms. The molecule has 15 heavy (non-hydrogen) atoms. The van der Waals surface area contributed by atoms with Crippen LogP contribution in [0.4, 0.5) is 0 Å². The lowest BCUT2D eigenvalue weighted by Crippen LogP contribution is -2.57. The zero-order chi connectivity index (χ0) is 10.9. The number of sulfonamides is 1. The van der Waals surface area contributed by atoms with Crippen LogP contribution in [0.25, 0.3) is 0 Å². The average Bonchev–Trinajstić information content (AvgIpc) is 2.18. The monoisotopic (exact) mass is 232 g/mol. The number of rotatable bonds is 4. The van der Waals surface area contributed by atoms with Crippen LogP contribution in [0.1, 0.15) is 26.2 Å². The van der Waals surface area contributed by atoms with Crippen molar-refractivity contribution < 1.29 is 8.42 Å². The van der Waals surface area contributed by atoms with Gasteiger partial charge in [-0.25, -0.2) is 13.1 Å². The van der Waals surface area contributed by atoms with Crippen molar-refractivity contribution in [1.29, 1.82) is 0 Å². The normalized spacial score (nSPS) is 35.7. The lowest BCUT2D eigenvalue weighted by molar-refractivity contribution is 0.0827. The summed E-state index contributed by atoms with van der Waals surface area (Å²) in [7, 11) is -3.03. The second kappa shape index (κ2) is 4.39. The molecule has 0 aromatic rings. The fourth-order valence-corrected chi connectivity index (χ4v) is 4.04. The van der Waals surface area contributed by atoms with E-state index in [1.807, 2.05) is 6.92 Å². The van der Waals surface area contributed by atoms with Gasteiger partial charge in [-0.3, -0.25) is 0 Å². The third-order valence-corrected chi connectivity index (χ3v) is 5.07. The number of hydrogen-bond acceptors (Lipinski definition) is 3. The van der Waals surface area contributed by atoms with Gasteiger partial charge in [0, 0.05) is 12.6 Å². The summed E-state index contributed by atoms with van der Waals surface area (Å²) in [5, 5.41) is 0. The zero-order valence-electron chi connectivity index (χ0n) is 9.28. The lowest BCUT2D eigenvalue weighted by atomic mass is 9.85. The highest BCUT2D eigenvalue weighted by molar-refractivity contribution is 7.89. The molecule has 3 aliphatic rings. The number of nitrogens with zero attached hydrogens (tertiary/aromatic N) is 1. The van der Waals surface area contributed by atoms with Crippen molar-refractivity contribution in [3.05, 3.63) is 0 Å². The Labute approximate surface area is 92.1 Å². The zero-order valence-corrected chi connectivity index (χ0v) is 10.1. The van der Waals surface area contributed by atoms with E-state index in [-0.39, 0.29) is 11.8 Å². The Morgan fingerprint density at radius 3 is 2.47 bits per heavy atom. The van der Waals surface area contributed by atoms with Crippen LogP contribution in [0.5, 0.6) is 0 Å². The summed E-state index contributed by atoms with van der Waals surface area (Å²) < 4.78 is 26.1. The van der Waals surface area contributed by atoms with E-state index in [9.17, 15) is 8.42 Å². The number of fused-ring (bicyclic) bond motifs is 3. The van der Waals surface area contributed by atoms with Gasteiger partial charge in [0.1, 0.15) is 0 Å². The molecular weight excluding hydrogens is 212 g/mol. The molecule has 3 aliphatic heterocycles. The molecule has 0 aliphatic carbocycles. The Morgan fingerprint density at radius 2 is 2.00 bits per heavy atom. The maximum Gasteiger partial charge on any atom is 0.211 e. The first-order chi connectivity index (χ1) is 7.11. The van der Waals surface area contributed by atoms with Crippen molar-refractivity contribution >= 4 is 10.0 Å². The smallest absolute Gasteiger partial charge is 0.211 e.